The smallest absolute Gasteiger partial charge is 0.338 e. The van der Waals surface area contributed by atoms with E-state index in [1.807, 2.05) is 6.92 Å². The maximum absolute atomic E-state index is 13.8. The summed E-state index contributed by atoms with van der Waals surface area (Å²) in [4.78, 5) is 38.5. The van der Waals surface area contributed by atoms with E-state index >= 15 is 0 Å². The lowest BCUT2D eigenvalue weighted by atomic mass is 9.80. The first-order valence-electron chi connectivity index (χ1n) is 17.0. The van der Waals surface area contributed by atoms with E-state index in [2.05, 4.69) is 6.92 Å². The van der Waals surface area contributed by atoms with Crippen molar-refractivity contribution in [2.75, 3.05) is 0 Å². The van der Waals surface area contributed by atoms with Crippen molar-refractivity contribution in [3.8, 4) is 22.6 Å². The topological polar surface area (TPSA) is 78.9 Å². The van der Waals surface area contributed by atoms with Gasteiger partial charge < -0.3 is 14.2 Å². The molecule has 8 heteroatoms. The van der Waals surface area contributed by atoms with Crippen molar-refractivity contribution >= 4 is 17.9 Å². The van der Waals surface area contributed by atoms with Crippen molar-refractivity contribution in [1.82, 2.24) is 0 Å². The van der Waals surface area contributed by atoms with E-state index in [4.69, 9.17) is 14.2 Å². The van der Waals surface area contributed by atoms with Crippen LogP contribution in [0.5, 0.6) is 11.5 Å². The molecule has 2 aliphatic carbocycles. The predicted octanol–water partition coefficient (Wildman–Crippen LogP) is 9.55. The third-order valence-electron chi connectivity index (χ3n) is 9.59. The second-order valence-corrected chi connectivity index (χ2v) is 13.1. The molecule has 0 heterocycles. The minimum atomic E-state index is -0.683. The van der Waals surface area contributed by atoms with Gasteiger partial charge >= 0.3 is 17.9 Å². The molecule has 0 unspecified atom stereocenters. The van der Waals surface area contributed by atoms with Crippen molar-refractivity contribution in [3.05, 3.63) is 83.4 Å². The summed E-state index contributed by atoms with van der Waals surface area (Å²) in [6, 6.07) is 14.8. The van der Waals surface area contributed by atoms with E-state index in [1.165, 1.54) is 37.8 Å². The van der Waals surface area contributed by atoms with Crippen molar-refractivity contribution in [2.24, 2.45) is 17.8 Å². The van der Waals surface area contributed by atoms with E-state index < -0.39 is 17.6 Å². The number of benzene rings is 3. The molecule has 6 nitrogen and oxygen atoms in total. The fraction of sp³-hybridized carbons (Fsp3) is 0.462. The highest BCUT2D eigenvalue weighted by atomic mass is 19.1. The van der Waals surface area contributed by atoms with Gasteiger partial charge in [-0.1, -0.05) is 38.7 Å². The van der Waals surface area contributed by atoms with Crippen LogP contribution < -0.4 is 9.47 Å². The number of ether oxygens (including phenoxy) is 3. The van der Waals surface area contributed by atoms with Gasteiger partial charge in [-0.05, 0) is 129 Å². The quantitative estimate of drug-likeness (QED) is 0.117. The highest BCUT2D eigenvalue weighted by molar-refractivity contribution is 5.89. The summed E-state index contributed by atoms with van der Waals surface area (Å²) in [7, 11) is 0. The zero-order valence-electron chi connectivity index (χ0n) is 27.3. The van der Waals surface area contributed by atoms with Crippen LogP contribution >= 0.6 is 0 Å². The summed E-state index contributed by atoms with van der Waals surface area (Å²) < 4.78 is 44.6. The molecule has 0 N–H and O–H groups in total. The molecule has 3 aromatic carbocycles. The van der Waals surface area contributed by atoms with Crippen LogP contribution in [0.2, 0.25) is 0 Å². The molecule has 47 heavy (non-hydrogen) atoms. The number of carbonyl (C=O) groups excluding carboxylic acids is 3. The van der Waals surface area contributed by atoms with Gasteiger partial charge in [0.25, 0.3) is 0 Å². The number of hydrogen-bond donors (Lipinski definition) is 0. The highest BCUT2D eigenvalue weighted by Crippen LogP contribution is 2.34. The average molecular weight is 647 g/mol. The first-order chi connectivity index (χ1) is 22.7. The van der Waals surface area contributed by atoms with Gasteiger partial charge in [0.2, 0.25) is 0 Å². The largest absolute Gasteiger partial charge is 0.459 e. The molecule has 2 fully saturated rings. The van der Waals surface area contributed by atoms with Crippen molar-refractivity contribution in [1.29, 1.82) is 0 Å². The lowest BCUT2D eigenvalue weighted by molar-refractivity contribution is -0.141. The van der Waals surface area contributed by atoms with E-state index in [0.29, 0.717) is 53.9 Å². The number of carbonyl (C=O) groups is 3. The van der Waals surface area contributed by atoms with Gasteiger partial charge in [0, 0.05) is 6.07 Å². The van der Waals surface area contributed by atoms with Gasteiger partial charge in [-0.2, -0.15) is 0 Å². The lowest BCUT2D eigenvalue weighted by Crippen LogP contribution is -2.30. The molecule has 0 radical (unpaired) electrons. The third-order valence-corrected chi connectivity index (χ3v) is 9.59. The third kappa shape index (κ3) is 9.49. The van der Waals surface area contributed by atoms with Crippen molar-refractivity contribution in [2.45, 2.75) is 97.0 Å². The molecule has 2 aliphatic rings. The molecule has 5 rings (SSSR count). The monoisotopic (exact) mass is 646 g/mol. The zero-order valence-corrected chi connectivity index (χ0v) is 27.3. The average Bonchev–Trinajstić information content (AvgIpc) is 3.06. The van der Waals surface area contributed by atoms with Crippen LogP contribution in [-0.2, 0) is 14.3 Å². The summed E-state index contributed by atoms with van der Waals surface area (Å²) in [6.07, 6.45) is 10.6. The van der Waals surface area contributed by atoms with E-state index in [1.54, 1.807) is 42.5 Å². The van der Waals surface area contributed by atoms with Gasteiger partial charge in [0.05, 0.1) is 17.4 Å². The summed E-state index contributed by atoms with van der Waals surface area (Å²) in [5.41, 5.74) is 2.10. The minimum Gasteiger partial charge on any atom is -0.459 e. The Balaban J connectivity index is 1.05. The second kappa shape index (κ2) is 16.2. The van der Waals surface area contributed by atoms with E-state index in [0.717, 1.165) is 43.2 Å². The van der Waals surface area contributed by atoms with Crippen LogP contribution in [0.3, 0.4) is 0 Å². The van der Waals surface area contributed by atoms with Gasteiger partial charge in [0.15, 0.2) is 0 Å². The van der Waals surface area contributed by atoms with Crippen molar-refractivity contribution < 1.29 is 37.4 Å². The Morgan fingerprint density at radius 3 is 1.89 bits per heavy atom. The molecule has 0 bridgehead atoms. The first kappa shape index (κ1) is 34.3. The highest BCUT2D eigenvalue weighted by Gasteiger charge is 2.31. The number of rotatable bonds is 11. The molecular formula is C39H44F2O6. The predicted molar refractivity (Wildman–Crippen MR) is 175 cm³/mol. The van der Waals surface area contributed by atoms with E-state index in [-0.39, 0.29) is 29.9 Å². The molecule has 250 valence electrons. The fourth-order valence-electron chi connectivity index (χ4n) is 6.75. The first-order valence-corrected chi connectivity index (χ1v) is 17.0. The van der Waals surface area contributed by atoms with E-state index in [9.17, 15) is 23.2 Å². The molecule has 0 aromatic heterocycles. The maximum Gasteiger partial charge on any atom is 0.338 e. The fourth-order valence-corrected chi connectivity index (χ4v) is 6.75. The Labute approximate surface area is 275 Å². The van der Waals surface area contributed by atoms with Crippen LogP contribution in [0.25, 0.3) is 11.1 Å². The van der Waals surface area contributed by atoms with Crippen LogP contribution in [0.15, 0.2) is 60.7 Å². The van der Waals surface area contributed by atoms with Gasteiger partial charge in [-0.25, -0.2) is 13.6 Å². The molecule has 0 amide bonds. The summed E-state index contributed by atoms with van der Waals surface area (Å²) in [6.45, 7) is 4.03. The number of hydrogen-bond acceptors (Lipinski definition) is 6. The Morgan fingerprint density at radius 2 is 1.28 bits per heavy atom. The van der Waals surface area contributed by atoms with Crippen LogP contribution in [0.4, 0.5) is 8.78 Å². The normalized spacial score (nSPS) is 21.1. The Bertz CT molecular complexity index is 1520. The SMILES string of the molecule is CCCCC[C@H]1CC[C@H](C(=O)Oc2ccc(C(=O)OC3CCC(C(=O)Oc4ccc(C)c(-c5cc(F)cc(F)c5)c4)CC3)cc2)CC1. The second-order valence-electron chi connectivity index (χ2n) is 13.1. The summed E-state index contributed by atoms with van der Waals surface area (Å²) in [5, 5.41) is 0. The lowest BCUT2D eigenvalue weighted by Gasteiger charge is -2.27. The standard InChI is InChI=1S/C39H44F2O6/c1-3-4-5-6-26-8-10-27(11-9-26)37(42)45-33-17-12-28(13-18-33)38(43)46-34-19-14-29(15-20-34)39(44)47-35-16-7-25(2)36(24-35)30-21-31(40)23-32(41)22-30/h7,12-13,16-18,21-24,26-27,29,34H,3-6,8-11,14-15,19-20H2,1-2H3/t26-,27-,29?,34?. The van der Waals surface area contributed by atoms with Gasteiger partial charge in [0.1, 0.15) is 29.2 Å². The zero-order chi connectivity index (χ0) is 33.3. The Hall–Kier alpha value is -4.07. The van der Waals surface area contributed by atoms with Crippen LogP contribution in [0.1, 0.15) is 99.9 Å². The molecule has 3 aromatic rings. The Kier molecular flexibility index (Phi) is 11.8. The summed E-state index contributed by atoms with van der Waals surface area (Å²) in [5.74, 6) is -1.41. The number of aryl methyl sites for hydroxylation is 1. The molecule has 0 aliphatic heterocycles. The number of esters is 3. The molecule has 0 atom stereocenters. The summed E-state index contributed by atoms with van der Waals surface area (Å²) >= 11 is 0. The number of halogens is 2. The van der Waals surface area contributed by atoms with Crippen LogP contribution in [-0.4, -0.2) is 24.0 Å². The van der Waals surface area contributed by atoms with Gasteiger partial charge in [-0.15, -0.1) is 0 Å². The van der Waals surface area contributed by atoms with Crippen LogP contribution in [0, 0.1) is 36.3 Å². The minimum absolute atomic E-state index is 0.0741. The molecule has 0 saturated heterocycles. The van der Waals surface area contributed by atoms with Gasteiger partial charge in [-0.3, -0.25) is 9.59 Å². The maximum atomic E-state index is 13.8. The Morgan fingerprint density at radius 1 is 0.702 bits per heavy atom. The van der Waals surface area contributed by atoms with Crippen molar-refractivity contribution in [3.63, 3.8) is 0 Å². The number of unbranched alkanes of at least 4 members (excludes halogenated alkanes) is 2. The molecule has 2 saturated carbocycles. The molecular weight excluding hydrogens is 602 g/mol. The molecule has 0 spiro atoms.